The number of nitrogens with zero attached hydrogens (tertiary/aromatic N) is 1. The Bertz CT molecular complexity index is 1150. The van der Waals surface area contributed by atoms with Crippen LogP contribution in [0.4, 0.5) is 0 Å². The summed E-state index contributed by atoms with van der Waals surface area (Å²) in [7, 11) is 1.43. The van der Waals surface area contributed by atoms with E-state index in [0.29, 0.717) is 36.1 Å². The van der Waals surface area contributed by atoms with E-state index in [4.69, 9.17) is 23.3 Å². The van der Waals surface area contributed by atoms with E-state index < -0.39 is 32.5 Å². The van der Waals surface area contributed by atoms with Crippen molar-refractivity contribution in [1.29, 1.82) is 0 Å². The first kappa shape index (κ1) is 50.9. The normalized spacial score (nSPS) is 17.8. The Balaban J connectivity index is 2.34. The molecule has 3 unspecified atom stereocenters. The summed E-state index contributed by atoms with van der Waals surface area (Å²) in [5, 5.41) is 0. The zero-order chi connectivity index (χ0) is 40.5. The van der Waals surface area contributed by atoms with Crippen molar-refractivity contribution in [1.82, 2.24) is 0 Å². The number of phosphoric ester groups is 1. The molecule has 0 bridgehead atoms. The minimum Gasteiger partial charge on any atom is -0.462 e. The quantitative estimate of drug-likeness (QED) is 0.0163. The summed E-state index contributed by atoms with van der Waals surface area (Å²) < 4.78 is 40.0. The fourth-order valence-corrected chi connectivity index (χ4v) is 6.47. The lowest BCUT2D eigenvalue weighted by Crippen LogP contribution is -2.37. The molecular weight excluding hydrogens is 717 g/mol. The average Bonchev–Trinajstić information content (AvgIpc) is 3.89. The van der Waals surface area contributed by atoms with Gasteiger partial charge in [0.25, 0.3) is 0 Å². The van der Waals surface area contributed by atoms with E-state index in [1.54, 1.807) is 0 Å². The molecule has 0 saturated carbocycles. The van der Waals surface area contributed by atoms with E-state index in [-0.39, 0.29) is 26.1 Å². The second kappa shape index (κ2) is 33.0. The number of epoxide rings is 1. The highest BCUT2D eigenvalue weighted by Crippen LogP contribution is 2.43. The molecule has 0 aromatic rings. The van der Waals surface area contributed by atoms with Crippen molar-refractivity contribution < 1.29 is 46.8 Å². The largest absolute Gasteiger partial charge is 0.472 e. The number of carbonyl (C=O) groups is 2. The predicted octanol–water partition coefficient (Wildman–Crippen LogP) is 10.9. The van der Waals surface area contributed by atoms with Crippen LogP contribution in [0.25, 0.3) is 0 Å². The highest BCUT2D eigenvalue weighted by atomic mass is 31.2. The number of phosphoric acid groups is 1. The number of hydrogen-bond acceptors (Lipinski definition) is 8. The van der Waals surface area contributed by atoms with Gasteiger partial charge in [-0.15, -0.1) is 0 Å². The van der Waals surface area contributed by atoms with Crippen molar-refractivity contribution >= 4 is 19.8 Å². The van der Waals surface area contributed by atoms with Crippen LogP contribution in [0.5, 0.6) is 0 Å². The summed E-state index contributed by atoms with van der Waals surface area (Å²) in [6.07, 6.45) is 38.9. The predicted molar refractivity (Wildman–Crippen MR) is 224 cm³/mol. The van der Waals surface area contributed by atoms with Crippen LogP contribution < -0.4 is 0 Å². The number of allylic oxidation sites excluding steroid dienone is 7. The topological polar surface area (TPSA) is 121 Å². The van der Waals surface area contributed by atoms with Crippen molar-refractivity contribution in [2.24, 2.45) is 0 Å². The summed E-state index contributed by atoms with van der Waals surface area (Å²) in [6, 6.07) is 0. The van der Waals surface area contributed by atoms with E-state index in [1.165, 1.54) is 38.5 Å². The number of esters is 2. The van der Waals surface area contributed by atoms with Gasteiger partial charge in [-0.1, -0.05) is 114 Å². The van der Waals surface area contributed by atoms with Gasteiger partial charge >= 0.3 is 19.8 Å². The summed E-state index contributed by atoms with van der Waals surface area (Å²) in [5.41, 5.74) is 0. The van der Waals surface area contributed by atoms with Crippen LogP contribution in [0.3, 0.4) is 0 Å². The van der Waals surface area contributed by atoms with Crippen LogP contribution in [-0.4, -0.2) is 87.1 Å². The lowest BCUT2D eigenvalue weighted by atomic mass is 10.1. The Labute approximate surface area is 335 Å². The fourth-order valence-electron chi connectivity index (χ4n) is 5.73. The summed E-state index contributed by atoms with van der Waals surface area (Å²) >= 11 is 0. The molecule has 55 heavy (non-hydrogen) atoms. The molecule has 1 fully saturated rings. The van der Waals surface area contributed by atoms with Gasteiger partial charge in [0, 0.05) is 12.8 Å². The molecule has 0 radical (unpaired) electrons. The molecule has 1 N–H and O–H groups in total. The first-order chi connectivity index (χ1) is 26.5. The first-order valence-corrected chi connectivity index (χ1v) is 23.0. The second-order valence-electron chi connectivity index (χ2n) is 15.8. The first-order valence-electron chi connectivity index (χ1n) is 21.5. The smallest absolute Gasteiger partial charge is 0.462 e. The molecule has 0 aliphatic carbocycles. The van der Waals surface area contributed by atoms with Crippen LogP contribution in [0.2, 0.25) is 0 Å². The van der Waals surface area contributed by atoms with Gasteiger partial charge in [0.1, 0.15) is 19.8 Å². The minimum atomic E-state index is -4.39. The van der Waals surface area contributed by atoms with Crippen molar-refractivity contribution in [2.45, 2.75) is 173 Å². The van der Waals surface area contributed by atoms with Crippen LogP contribution in [0, 0.1) is 0 Å². The Morgan fingerprint density at radius 2 is 1.22 bits per heavy atom. The molecule has 0 spiro atoms. The minimum absolute atomic E-state index is 0.0181. The number of hydrogen-bond donors (Lipinski definition) is 1. The molecule has 1 saturated heterocycles. The third kappa shape index (κ3) is 33.8. The van der Waals surface area contributed by atoms with E-state index in [9.17, 15) is 19.0 Å². The molecule has 1 rings (SSSR count). The molecule has 0 aromatic heterocycles. The number of carbonyl (C=O) groups excluding carboxylic acids is 2. The molecule has 1 heterocycles. The maximum Gasteiger partial charge on any atom is 0.472 e. The maximum absolute atomic E-state index is 12.7. The summed E-state index contributed by atoms with van der Waals surface area (Å²) in [4.78, 5) is 35.4. The second-order valence-corrected chi connectivity index (χ2v) is 17.2. The van der Waals surface area contributed by atoms with Gasteiger partial charge in [0.15, 0.2) is 6.10 Å². The molecule has 4 atom stereocenters. The Morgan fingerprint density at radius 3 is 1.85 bits per heavy atom. The van der Waals surface area contributed by atoms with Gasteiger partial charge in [-0.2, -0.15) is 0 Å². The molecule has 318 valence electrons. The maximum atomic E-state index is 12.7. The van der Waals surface area contributed by atoms with E-state index in [0.717, 1.165) is 77.0 Å². The lowest BCUT2D eigenvalue weighted by Gasteiger charge is -2.24. The third-order valence-electron chi connectivity index (χ3n) is 9.26. The van der Waals surface area contributed by atoms with Crippen LogP contribution >= 0.6 is 7.82 Å². The SMILES string of the molecule is CCCCC/C=C\C/C=C\C/C=C\CCCCC(=O)OC[C@H](COP(=O)(O)OCC[N+](C)(C)C)OC(=O)CCCCCCCC1OC1C/C=C\CCCCC. The van der Waals surface area contributed by atoms with Gasteiger partial charge in [-0.05, 0) is 77.0 Å². The fraction of sp³-hybridized carbons (Fsp3) is 0.773. The van der Waals surface area contributed by atoms with Gasteiger partial charge in [0.2, 0.25) is 0 Å². The molecule has 0 aromatic carbocycles. The van der Waals surface area contributed by atoms with Crippen molar-refractivity contribution in [3.05, 3.63) is 48.6 Å². The molecule has 11 heteroatoms. The molecular formula is C44H79NO9P+. The summed E-state index contributed by atoms with van der Waals surface area (Å²) in [6.45, 7) is 4.27. The Morgan fingerprint density at radius 1 is 0.673 bits per heavy atom. The monoisotopic (exact) mass is 797 g/mol. The van der Waals surface area contributed by atoms with Gasteiger partial charge in [-0.3, -0.25) is 18.6 Å². The molecule has 1 aliphatic heterocycles. The third-order valence-corrected chi connectivity index (χ3v) is 10.2. The molecule has 0 amide bonds. The van der Waals surface area contributed by atoms with E-state index >= 15 is 0 Å². The van der Waals surface area contributed by atoms with E-state index in [1.807, 2.05) is 21.1 Å². The van der Waals surface area contributed by atoms with Crippen molar-refractivity contribution in [2.75, 3.05) is 47.5 Å². The highest BCUT2D eigenvalue weighted by Gasteiger charge is 2.36. The standard InChI is InChI=1S/C44H78NO9P/c1-6-8-10-12-14-15-16-17-18-19-20-21-22-26-30-34-43(46)50-38-40(39-52-55(48,49)51-37-36-45(3,4)5)53-44(47)35-31-27-23-25-29-33-42-41(54-42)32-28-24-13-11-9-7-2/h14-15,17-18,20-21,24,28,40-42H,6-13,16,19,22-23,25-27,29-39H2,1-5H3/p+1/b15-14-,18-17-,21-20-,28-24-/t40-,41?,42?/m1/s1. The Kier molecular flexibility index (Phi) is 30.5. The van der Waals surface area contributed by atoms with Crippen molar-refractivity contribution in [3.8, 4) is 0 Å². The number of ether oxygens (including phenoxy) is 3. The zero-order valence-electron chi connectivity index (χ0n) is 35.3. The van der Waals surface area contributed by atoms with E-state index in [2.05, 4.69) is 62.5 Å². The zero-order valence-corrected chi connectivity index (χ0v) is 36.2. The van der Waals surface area contributed by atoms with Gasteiger partial charge in [-0.25, -0.2) is 4.57 Å². The Hall–Kier alpha value is -2.07. The van der Waals surface area contributed by atoms with Gasteiger partial charge < -0.3 is 23.6 Å². The number of likely N-dealkylation sites (N-methyl/N-ethyl adjacent to an activating group) is 1. The number of quaternary nitrogens is 1. The van der Waals surface area contributed by atoms with Crippen LogP contribution in [0.1, 0.15) is 155 Å². The van der Waals surface area contributed by atoms with Crippen LogP contribution in [0.15, 0.2) is 48.6 Å². The summed E-state index contributed by atoms with van der Waals surface area (Å²) in [5.74, 6) is -0.871. The van der Waals surface area contributed by atoms with Crippen molar-refractivity contribution in [3.63, 3.8) is 0 Å². The highest BCUT2D eigenvalue weighted by molar-refractivity contribution is 7.47. The molecule has 10 nitrogen and oxygen atoms in total. The average molecular weight is 797 g/mol. The number of unbranched alkanes of at least 4 members (excludes halogenated alkanes) is 12. The van der Waals surface area contributed by atoms with Gasteiger partial charge in [0.05, 0.1) is 40.0 Å². The lowest BCUT2D eigenvalue weighted by molar-refractivity contribution is -0.870. The number of rotatable bonds is 37. The molecule has 1 aliphatic rings. The van der Waals surface area contributed by atoms with Crippen LogP contribution in [-0.2, 0) is 37.4 Å².